The van der Waals surface area contributed by atoms with Crippen LogP contribution in [0.1, 0.15) is 16.7 Å². The topological polar surface area (TPSA) is 20.3 Å². The first-order chi connectivity index (χ1) is 12.6. The lowest BCUT2D eigenvalue weighted by atomic mass is 9.96. The van der Waals surface area contributed by atoms with Crippen molar-refractivity contribution in [3.63, 3.8) is 0 Å². The highest BCUT2D eigenvalue weighted by Gasteiger charge is 2.32. The van der Waals surface area contributed by atoms with Gasteiger partial charge in [-0.1, -0.05) is 60.2 Å². The molecule has 0 bridgehead atoms. The van der Waals surface area contributed by atoms with Gasteiger partial charge >= 0.3 is 0 Å². The Morgan fingerprint density at radius 2 is 1.46 bits per heavy atom. The predicted molar refractivity (Wildman–Crippen MR) is 103 cm³/mol. The van der Waals surface area contributed by atoms with E-state index < -0.39 is 0 Å². The number of amides is 1. The molecule has 3 aromatic carbocycles. The normalized spacial score (nSPS) is 14.2. The molecular formula is C23H18FNO. The minimum Gasteiger partial charge on any atom is -0.304 e. The molecule has 0 aromatic heterocycles. The lowest BCUT2D eigenvalue weighted by molar-refractivity contribution is -0.112. The Balaban J connectivity index is 1.82. The van der Waals surface area contributed by atoms with E-state index in [1.165, 1.54) is 17.7 Å². The van der Waals surface area contributed by atoms with Crippen molar-refractivity contribution in [3.05, 3.63) is 101 Å². The van der Waals surface area contributed by atoms with Crippen molar-refractivity contribution >= 4 is 22.7 Å². The molecule has 0 unspecified atom stereocenters. The standard InChI is InChI=1S/C23H18FNO/c1-16-7-9-17(10-8-16)21-15-25(20-13-11-19(24)12-14-20)23(26)22(21)18-5-3-2-4-6-18/h2-14H,15H2,1H3. The minimum absolute atomic E-state index is 0.0571. The van der Waals surface area contributed by atoms with Crippen LogP contribution < -0.4 is 4.90 Å². The van der Waals surface area contributed by atoms with E-state index in [2.05, 4.69) is 24.3 Å². The summed E-state index contributed by atoms with van der Waals surface area (Å²) < 4.78 is 13.3. The van der Waals surface area contributed by atoms with Crippen LogP contribution in [0, 0.1) is 12.7 Å². The van der Waals surface area contributed by atoms with Gasteiger partial charge < -0.3 is 4.90 Å². The molecule has 0 saturated carbocycles. The van der Waals surface area contributed by atoms with Crippen LogP contribution in [0.4, 0.5) is 10.1 Å². The Bertz CT molecular complexity index is 973. The summed E-state index contributed by atoms with van der Waals surface area (Å²) in [5, 5.41) is 0. The highest BCUT2D eigenvalue weighted by Crippen LogP contribution is 2.37. The fourth-order valence-corrected chi connectivity index (χ4v) is 3.30. The van der Waals surface area contributed by atoms with E-state index in [1.807, 2.05) is 37.3 Å². The third-order valence-corrected chi connectivity index (χ3v) is 4.68. The fraction of sp³-hybridized carbons (Fsp3) is 0.0870. The second kappa shape index (κ2) is 6.60. The van der Waals surface area contributed by atoms with Crippen LogP contribution in [0.2, 0.25) is 0 Å². The van der Waals surface area contributed by atoms with Crippen molar-refractivity contribution in [2.45, 2.75) is 6.92 Å². The molecule has 1 heterocycles. The third kappa shape index (κ3) is 2.92. The van der Waals surface area contributed by atoms with E-state index in [4.69, 9.17) is 0 Å². The first-order valence-electron chi connectivity index (χ1n) is 8.56. The number of anilines is 1. The Morgan fingerprint density at radius 3 is 2.12 bits per heavy atom. The van der Waals surface area contributed by atoms with Crippen molar-refractivity contribution in [2.75, 3.05) is 11.4 Å². The summed E-state index contributed by atoms with van der Waals surface area (Å²) in [5.41, 5.74) is 5.51. The van der Waals surface area contributed by atoms with Gasteiger partial charge in [-0.15, -0.1) is 0 Å². The summed E-state index contributed by atoms with van der Waals surface area (Å²) in [5.74, 6) is -0.367. The van der Waals surface area contributed by atoms with Gasteiger partial charge in [-0.3, -0.25) is 4.79 Å². The summed E-state index contributed by atoms with van der Waals surface area (Å²) in [6.07, 6.45) is 0. The van der Waals surface area contributed by atoms with Crippen molar-refractivity contribution in [1.29, 1.82) is 0 Å². The molecule has 2 nitrogen and oxygen atoms in total. The zero-order valence-corrected chi connectivity index (χ0v) is 14.4. The minimum atomic E-state index is -0.310. The second-order valence-electron chi connectivity index (χ2n) is 6.45. The van der Waals surface area contributed by atoms with Gasteiger partial charge in [-0.2, -0.15) is 0 Å². The van der Waals surface area contributed by atoms with Crippen molar-refractivity contribution < 1.29 is 9.18 Å². The fourth-order valence-electron chi connectivity index (χ4n) is 3.30. The van der Waals surface area contributed by atoms with E-state index in [0.29, 0.717) is 17.8 Å². The monoisotopic (exact) mass is 343 g/mol. The van der Waals surface area contributed by atoms with Gasteiger partial charge in [0.2, 0.25) is 0 Å². The summed E-state index contributed by atoms with van der Waals surface area (Å²) in [7, 11) is 0. The number of carbonyl (C=O) groups is 1. The van der Waals surface area contributed by atoms with Crippen molar-refractivity contribution in [1.82, 2.24) is 0 Å². The first-order valence-corrected chi connectivity index (χ1v) is 8.56. The molecule has 128 valence electrons. The summed E-state index contributed by atoms with van der Waals surface area (Å²) >= 11 is 0. The number of halogens is 1. The van der Waals surface area contributed by atoms with Gasteiger partial charge in [0.15, 0.2) is 0 Å². The summed E-state index contributed by atoms with van der Waals surface area (Å²) in [6.45, 7) is 2.51. The zero-order valence-electron chi connectivity index (χ0n) is 14.4. The van der Waals surface area contributed by atoms with Crippen LogP contribution in [0.3, 0.4) is 0 Å². The number of carbonyl (C=O) groups excluding carboxylic acids is 1. The molecule has 0 radical (unpaired) electrons. The van der Waals surface area contributed by atoms with Crippen molar-refractivity contribution in [2.24, 2.45) is 0 Å². The Hall–Kier alpha value is -3.20. The maximum atomic E-state index is 13.3. The van der Waals surface area contributed by atoms with Gasteiger partial charge in [-0.25, -0.2) is 4.39 Å². The number of benzene rings is 3. The maximum Gasteiger partial charge on any atom is 0.259 e. The SMILES string of the molecule is Cc1ccc(C2=C(c3ccccc3)C(=O)N(c3ccc(F)cc3)C2)cc1. The molecule has 0 fully saturated rings. The quantitative estimate of drug-likeness (QED) is 0.648. The molecule has 0 N–H and O–H groups in total. The van der Waals surface area contributed by atoms with Crippen LogP contribution in [0.25, 0.3) is 11.1 Å². The average molecular weight is 343 g/mol. The predicted octanol–water partition coefficient (Wildman–Crippen LogP) is 5.09. The lowest BCUT2D eigenvalue weighted by Crippen LogP contribution is -2.26. The van der Waals surface area contributed by atoms with Crippen LogP contribution in [-0.4, -0.2) is 12.5 Å². The Labute approximate surface area is 152 Å². The molecule has 0 atom stereocenters. The number of rotatable bonds is 3. The maximum absolute atomic E-state index is 13.3. The van der Waals surface area contributed by atoms with Gasteiger partial charge in [0.05, 0.1) is 12.1 Å². The third-order valence-electron chi connectivity index (χ3n) is 4.68. The highest BCUT2D eigenvalue weighted by molar-refractivity contribution is 6.36. The number of hydrogen-bond donors (Lipinski definition) is 0. The van der Waals surface area contributed by atoms with Gasteiger partial charge in [0.1, 0.15) is 5.82 Å². The summed E-state index contributed by atoms with van der Waals surface area (Å²) in [4.78, 5) is 14.9. The van der Waals surface area contributed by atoms with Crippen LogP contribution >= 0.6 is 0 Å². The molecule has 3 aromatic rings. The molecule has 26 heavy (non-hydrogen) atoms. The molecule has 1 amide bonds. The van der Waals surface area contributed by atoms with Gasteiger partial charge in [0.25, 0.3) is 5.91 Å². The number of nitrogens with zero attached hydrogens (tertiary/aromatic N) is 1. The summed E-state index contributed by atoms with van der Waals surface area (Å²) in [6, 6.07) is 24.0. The highest BCUT2D eigenvalue weighted by atomic mass is 19.1. The number of aryl methyl sites for hydroxylation is 1. The zero-order chi connectivity index (χ0) is 18.1. The largest absolute Gasteiger partial charge is 0.304 e. The van der Waals surface area contributed by atoms with Crippen LogP contribution in [0.15, 0.2) is 78.9 Å². The van der Waals surface area contributed by atoms with E-state index in [-0.39, 0.29) is 11.7 Å². The van der Waals surface area contributed by atoms with E-state index in [9.17, 15) is 9.18 Å². The second-order valence-corrected chi connectivity index (χ2v) is 6.45. The van der Waals surface area contributed by atoms with Crippen LogP contribution in [0.5, 0.6) is 0 Å². The van der Waals surface area contributed by atoms with E-state index >= 15 is 0 Å². The van der Waals surface area contributed by atoms with Gasteiger partial charge in [-0.05, 0) is 47.9 Å². The smallest absolute Gasteiger partial charge is 0.259 e. The average Bonchev–Trinajstić information content (AvgIpc) is 3.01. The number of hydrogen-bond acceptors (Lipinski definition) is 1. The first kappa shape index (κ1) is 16.3. The molecule has 3 heteroatoms. The van der Waals surface area contributed by atoms with Crippen LogP contribution in [-0.2, 0) is 4.79 Å². The molecule has 0 spiro atoms. The molecule has 1 aliphatic heterocycles. The molecule has 4 rings (SSSR count). The molecule has 0 saturated heterocycles. The molecule has 0 aliphatic carbocycles. The van der Waals surface area contributed by atoms with Crippen molar-refractivity contribution in [3.8, 4) is 0 Å². The lowest BCUT2D eigenvalue weighted by Gasteiger charge is -2.17. The van der Waals surface area contributed by atoms with Gasteiger partial charge in [0, 0.05) is 5.69 Å². The molecular weight excluding hydrogens is 325 g/mol. The molecule has 1 aliphatic rings. The van der Waals surface area contributed by atoms with E-state index in [1.54, 1.807) is 17.0 Å². The Kier molecular flexibility index (Phi) is 4.13. The van der Waals surface area contributed by atoms with E-state index in [0.717, 1.165) is 16.7 Å². The Morgan fingerprint density at radius 1 is 0.808 bits per heavy atom.